The van der Waals surface area contributed by atoms with Gasteiger partial charge < -0.3 is 5.32 Å². The largest absolute Gasteiger partial charge is 0.370 e. The minimum Gasteiger partial charge on any atom is -0.370 e. The van der Waals surface area contributed by atoms with Gasteiger partial charge in [-0.2, -0.15) is 5.10 Å². The minimum absolute atomic E-state index is 0.344. The van der Waals surface area contributed by atoms with Crippen LogP contribution >= 0.6 is 0 Å². The summed E-state index contributed by atoms with van der Waals surface area (Å²) in [5, 5.41) is 9.90. The molecule has 0 bridgehead atoms. The molecule has 0 saturated heterocycles. The van der Waals surface area contributed by atoms with Gasteiger partial charge in [0, 0.05) is 18.3 Å². The molecule has 2 heterocycles. The van der Waals surface area contributed by atoms with Crippen LogP contribution in [-0.4, -0.2) is 31.7 Å². The Labute approximate surface area is 106 Å². The molecule has 0 spiro atoms. The van der Waals surface area contributed by atoms with Crippen molar-refractivity contribution in [3.05, 3.63) is 18.1 Å². The number of rotatable bonds is 5. The van der Waals surface area contributed by atoms with Crippen molar-refractivity contribution in [2.75, 3.05) is 11.9 Å². The Bertz CT molecular complexity index is 491. The third kappa shape index (κ3) is 2.82. The predicted molar refractivity (Wildman–Crippen MR) is 70.3 cm³/mol. The van der Waals surface area contributed by atoms with Gasteiger partial charge in [0.1, 0.15) is 12.1 Å². The Balaban J connectivity index is 2.36. The Hall–Kier alpha value is -1.98. The van der Waals surface area contributed by atoms with Gasteiger partial charge in [0.15, 0.2) is 11.6 Å². The van der Waals surface area contributed by atoms with E-state index >= 15 is 0 Å². The van der Waals surface area contributed by atoms with Gasteiger partial charge in [0.25, 0.3) is 0 Å². The Morgan fingerprint density at radius 3 is 2.78 bits per heavy atom. The number of hydrogen-bond donors (Lipinski definition) is 2. The summed E-state index contributed by atoms with van der Waals surface area (Å²) < 4.78 is 0. The second-order valence-electron chi connectivity index (χ2n) is 4.42. The van der Waals surface area contributed by atoms with Gasteiger partial charge in [-0.05, 0) is 12.3 Å². The average Bonchev–Trinajstić information content (AvgIpc) is 2.89. The molecular formula is C12H18N6. The van der Waals surface area contributed by atoms with E-state index in [1.165, 1.54) is 6.33 Å². The molecular weight excluding hydrogens is 228 g/mol. The molecule has 0 aliphatic rings. The smallest absolute Gasteiger partial charge is 0.199 e. The fourth-order valence-corrected chi connectivity index (χ4v) is 1.52. The standard InChI is InChI=1S/C12H18N6/c1-4-5-13-10-6-9(8(2)3)16-12(17-10)11-14-7-15-18-11/h6-8H,4-5H2,1-3H3,(H,13,16,17)(H,14,15,18). The number of aromatic nitrogens is 5. The highest BCUT2D eigenvalue weighted by Gasteiger charge is 2.11. The van der Waals surface area contributed by atoms with E-state index in [0.717, 1.165) is 24.5 Å². The summed E-state index contributed by atoms with van der Waals surface area (Å²) in [6.45, 7) is 7.23. The van der Waals surface area contributed by atoms with E-state index in [0.29, 0.717) is 17.6 Å². The lowest BCUT2D eigenvalue weighted by Gasteiger charge is -2.10. The monoisotopic (exact) mass is 246 g/mol. The molecule has 0 aromatic carbocycles. The molecule has 6 nitrogen and oxygen atoms in total. The molecule has 0 unspecified atom stereocenters. The summed E-state index contributed by atoms with van der Waals surface area (Å²) in [6, 6.07) is 1.99. The van der Waals surface area contributed by atoms with E-state index in [-0.39, 0.29) is 0 Å². The van der Waals surface area contributed by atoms with Crippen LogP contribution in [0.5, 0.6) is 0 Å². The molecule has 2 aromatic heterocycles. The first-order valence-corrected chi connectivity index (χ1v) is 6.19. The Morgan fingerprint density at radius 1 is 1.33 bits per heavy atom. The van der Waals surface area contributed by atoms with E-state index in [4.69, 9.17) is 0 Å². The fraction of sp³-hybridized carbons (Fsp3) is 0.500. The molecule has 2 rings (SSSR count). The first-order chi connectivity index (χ1) is 8.70. The van der Waals surface area contributed by atoms with E-state index in [9.17, 15) is 0 Å². The van der Waals surface area contributed by atoms with Crippen molar-refractivity contribution >= 4 is 5.82 Å². The van der Waals surface area contributed by atoms with Crippen LogP contribution in [0.25, 0.3) is 11.6 Å². The Kier molecular flexibility index (Phi) is 3.86. The van der Waals surface area contributed by atoms with Crippen LogP contribution in [0.4, 0.5) is 5.82 Å². The highest BCUT2D eigenvalue weighted by atomic mass is 15.2. The lowest BCUT2D eigenvalue weighted by atomic mass is 10.1. The highest BCUT2D eigenvalue weighted by Crippen LogP contribution is 2.19. The maximum absolute atomic E-state index is 4.50. The van der Waals surface area contributed by atoms with Gasteiger partial charge in [0.2, 0.25) is 0 Å². The van der Waals surface area contributed by atoms with Crippen molar-refractivity contribution in [1.29, 1.82) is 0 Å². The zero-order valence-corrected chi connectivity index (χ0v) is 10.9. The second-order valence-corrected chi connectivity index (χ2v) is 4.42. The van der Waals surface area contributed by atoms with E-state index in [1.54, 1.807) is 0 Å². The second kappa shape index (κ2) is 5.57. The summed E-state index contributed by atoms with van der Waals surface area (Å²) in [4.78, 5) is 13.0. The number of hydrogen-bond acceptors (Lipinski definition) is 5. The van der Waals surface area contributed by atoms with Gasteiger partial charge in [-0.1, -0.05) is 20.8 Å². The topological polar surface area (TPSA) is 79.4 Å². The van der Waals surface area contributed by atoms with Crippen LogP contribution in [0.1, 0.15) is 38.8 Å². The van der Waals surface area contributed by atoms with Crippen LogP contribution in [0, 0.1) is 0 Å². The van der Waals surface area contributed by atoms with Gasteiger partial charge in [-0.25, -0.2) is 15.0 Å². The molecule has 0 fully saturated rings. The molecule has 0 amide bonds. The zero-order valence-electron chi connectivity index (χ0n) is 10.9. The van der Waals surface area contributed by atoms with Crippen molar-refractivity contribution in [3.8, 4) is 11.6 Å². The third-order valence-corrected chi connectivity index (χ3v) is 2.52. The molecule has 0 radical (unpaired) electrons. The van der Waals surface area contributed by atoms with Crippen molar-refractivity contribution in [1.82, 2.24) is 25.1 Å². The molecule has 0 aliphatic heterocycles. The molecule has 2 N–H and O–H groups in total. The van der Waals surface area contributed by atoms with Gasteiger partial charge in [-0.15, -0.1) is 0 Å². The number of anilines is 1. The van der Waals surface area contributed by atoms with Crippen molar-refractivity contribution in [2.24, 2.45) is 0 Å². The average molecular weight is 246 g/mol. The predicted octanol–water partition coefficient (Wildman–Crippen LogP) is 2.21. The molecule has 0 atom stereocenters. The van der Waals surface area contributed by atoms with Crippen LogP contribution in [0.3, 0.4) is 0 Å². The highest BCUT2D eigenvalue weighted by molar-refractivity contribution is 5.49. The lowest BCUT2D eigenvalue weighted by Crippen LogP contribution is -2.06. The Morgan fingerprint density at radius 2 is 2.17 bits per heavy atom. The third-order valence-electron chi connectivity index (χ3n) is 2.52. The van der Waals surface area contributed by atoms with Crippen LogP contribution in [0.15, 0.2) is 12.4 Å². The quantitative estimate of drug-likeness (QED) is 0.845. The van der Waals surface area contributed by atoms with E-state index < -0.39 is 0 Å². The van der Waals surface area contributed by atoms with E-state index in [1.807, 2.05) is 6.07 Å². The lowest BCUT2D eigenvalue weighted by molar-refractivity contribution is 0.813. The maximum Gasteiger partial charge on any atom is 0.199 e. The summed E-state index contributed by atoms with van der Waals surface area (Å²) in [6.07, 6.45) is 2.51. The summed E-state index contributed by atoms with van der Waals surface area (Å²) >= 11 is 0. The molecule has 96 valence electrons. The van der Waals surface area contributed by atoms with Crippen LogP contribution in [0.2, 0.25) is 0 Å². The number of nitrogens with one attached hydrogen (secondary N) is 2. The molecule has 18 heavy (non-hydrogen) atoms. The van der Waals surface area contributed by atoms with Crippen molar-refractivity contribution in [3.63, 3.8) is 0 Å². The number of nitrogens with zero attached hydrogens (tertiary/aromatic N) is 4. The first-order valence-electron chi connectivity index (χ1n) is 6.19. The van der Waals surface area contributed by atoms with Crippen molar-refractivity contribution in [2.45, 2.75) is 33.1 Å². The SMILES string of the molecule is CCCNc1cc(C(C)C)nc(-c2ncn[nH]2)n1. The normalized spacial score (nSPS) is 10.9. The molecule has 0 aliphatic carbocycles. The van der Waals surface area contributed by atoms with Crippen LogP contribution in [-0.2, 0) is 0 Å². The first kappa shape index (κ1) is 12.5. The summed E-state index contributed by atoms with van der Waals surface area (Å²) in [7, 11) is 0. The maximum atomic E-state index is 4.50. The van der Waals surface area contributed by atoms with Crippen LogP contribution < -0.4 is 5.32 Å². The number of H-pyrrole nitrogens is 1. The van der Waals surface area contributed by atoms with Gasteiger partial charge in [0.05, 0.1) is 0 Å². The minimum atomic E-state index is 0.344. The summed E-state index contributed by atoms with van der Waals surface area (Å²) in [5.41, 5.74) is 0.995. The fourth-order valence-electron chi connectivity index (χ4n) is 1.52. The number of aromatic amines is 1. The molecule has 0 saturated carbocycles. The molecule has 6 heteroatoms. The zero-order chi connectivity index (χ0) is 13.0. The molecule has 2 aromatic rings. The van der Waals surface area contributed by atoms with Crippen molar-refractivity contribution < 1.29 is 0 Å². The van der Waals surface area contributed by atoms with Gasteiger partial charge >= 0.3 is 0 Å². The summed E-state index contributed by atoms with van der Waals surface area (Å²) in [5.74, 6) is 2.35. The van der Waals surface area contributed by atoms with E-state index in [2.05, 4.69) is 51.2 Å². The van der Waals surface area contributed by atoms with Gasteiger partial charge in [-0.3, -0.25) is 5.10 Å².